The van der Waals surface area contributed by atoms with Gasteiger partial charge >= 0.3 is 0 Å². The van der Waals surface area contributed by atoms with Crippen molar-refractivity contribution in [3.05, 3.63) is 65.5 Å². The van der Waals surface area contributed by atoms with Gasteiger partial charge in [0.05, 0.1) is 6.04 Å². The van der Waals surface area contributed by atoms with Crippen LogP contribution >= 0.6 is 0 Å². The van der Waals surface area contributed by atoms with Crippen LogP contribution in [0.15, 0.2) is 48.5 Å². The van der Waals surface area contributed by atoms with Crippen molar-refractivity contribution in [1.82, 2.24) is 0 Å². The van der Waals surface area contributed by atoms with E-state index in [0.717, 1.165) is 12.1 Å². The van der Waals surface area contributed by atoms with Gasteiger partial charge in [-0.15, -0.1) is 0 Å². The van der Waals surface area contributed by atoms with Crippen molar-refractivity contribution in [3.8, 4) is 0 Å². The van der Waals surface area contributed by atoms with Crippen molar-refractivity contribution in [2.75, 3.05) is 18.5 Å². The smallest absolute Gasteiger partial charge is 0.128 e. The van der Waals surface area contributed by atoms with E-state index in [0.29, 0.717) is 12.1 Å². The number of nitrogens with zero attached hydrogens (tertiary/aromatic N) is 1. The molecule has 2 N–H and O–H groups in total. The number of likely N-dealkylation sites (N-methyl/N-ethyl adjacent to an activating group) is 1. The van der Waals surface area contributed by atoms with Crippen molar-refractivity contribution < 1.29 is 4.39 Å². The molecule has 0 aliphatic rings. The molecule has 0 radical (unpaired) electrons. The number of halogens is 1. The van der Waals surface area contributed by atoms with Gasteiger partial charge in [0.25, 0.3) is 0 Å². The van der Waals surface area contributed by atoms with Crippen molar-refractivity contribution in [2.45, 2.75) is 19.4 Å². The largest absolute Gasteiger partial charge is 0.366 e. The van der Waals surface area contributed by atoms with E-state index in [2.05, 4.69) is 31.2 Å². The first-order valence-corrected chi connectivity index (χ1v) is 6.93. The summed E-state index contributed by atoms with van der Waals surface area (Å²) in [4.78, 5) is 2.03. The van der Waals surface area contributed by atoms with Crippen LogP contribution in [0.2, 0.25) is 0 Å². The first kappa shape index (κ1) is 14.5. The van der Waals surface area contributed by atoms with Crippen LogP contribution in [0, 0.1) is 5.82 Å². The van der Waals surface area contributed by atoms with Gasteiger partial charge in [-0.2, -0.15) is 0 Å². The van der Waals surface area contributed by atoms with Gasteiger partial charge in [0.15, 0.2) is 0 Å². The lowest BCUT2D eigenvalue weighted by molar-refractivity contribution is 0.573. The van der Waals surface area contributed by atoms with Crippen LogP contribution in [0.1, 0.15) is 24.1 Å². The Morgan fingerprint density at radius 3 is 2.30 bits per heavy atom. The molecule has 0 aromatic heterocycles. The molecule has 0 bridgehead atoms. The van der Waals surface area contributed by atoms with Gasteiger partial charge in [0.1, 0.15) is 5.82 Å². The zero-order chi connectivity index (χ0) is 14.5. The fourth-order valence-corrected chi connectivity index (χ4v) is 2.39. The highest BCUT2D eigenvalue weighted by Crippen LogP contribution is 2.26. The highest BCUT2D eigenvalue weighted by molar-refractivity contribution is 5.49. The maximum atomic E-state index is 13.9. The number of hydrogen-bond donors (Lipinski definition) is 1. The van der Waals surface area contributed by atoms with Crippen molar-refractivity contribution in [2.24, 2.45) is 5.73 Å². The summed E-state index contributed by atoms with van der Waals surface area (Å²) in [5.74, 6) is -0.208. The van der Waals surface area contributed by atoms with E-state index in [9.17, 15) is 4.39 Å². The molecule has 0 amide bonds. The van der Waals surface area contributed by atoms with Crippen LogP contribution in [0.25, 0.3) is 0 Å². The maximum absolute atomic E-state index is 13.9. The van der Waals surface area contributed by atoms with E-state index in [1.54, 1.807) is 12.1 Å². The summed E-state index contributed by atoms with van der Waals surface area (Å²) in [6, 6.07) is 15.0. The van der Waals surface area contributed by atoms with Crippen LogP contribution < -0.4 is 10.6 Å². The van der Waals surface area contributed by atoms with E-state index >= 15 is 0 Å². The average Bonchev–Trinajstić information content (AvgIpc) is 2.50. The standard InChI is InChI=1S/C17H21FN2/c1-3-13-8-10-14(11-9-13)20(2)17(12-19)15-6-4-5-7-16(15)18/h4-11,17H,3,12,19H2,1-2H3. The van der Waals surface area contributed by atoms with Gasteiger partial charge in [0, 0.05) is 24.8 Å². The Bertz CT molecular complexity index is 551. The summed E-state index contributed by atoms with van der Waals surface area (Å²) in [5, 5.41) is 0. The van der Waals surface area contributed by atoms with E-state index in [1.165, 1.54) is 11.6 Å². The maximum Gasteiger partial charge on any atom is 0.128 e. The van der Waals surface area contributed by atoms with Crippen LogP contribution in [0.3, 0.4) is 0 Å². The molecular formula is C17H21FN2. The molecule has 2 aromatic carbocycles. The molecule has 2 nitrogen and oxygen atoms in total. The quantitative estimate of drug-likeness (QED) is 0.902. The van der Waals surface area contributed by atoms with Gasteiger partial charge in [-0.1, -0.05) is 37.3 Å². The van der Waals surface area contributed by atoms with Gasteiger partial charge in [-0.25, -0.2) is 4.39 Å². The monoisotopic (exact) mass is 272 g/mol. The van der Waals surface area contributed by atoms with Gasteiger partial charge in [0.2, 0.25) is 0 Å². The normalized spacial score (nSPS) is 12.2. The topological polar surface area (TPSA) is 29.3 Å². The highest BCUT2D eigenvalue weighted by Gasteiger charge is 2.19. The minimum atomic E-state index is -0.208. The number of nitrogens with two attached hydrogens (primary N) is 1. The molecule has 1 unspecified atom stereocenters. The van der Waals surface area contributed by atoms with Crippen molar-refractivity contribution in [3.63, 3.8) is 0 Å². The zero-order valence-electron chi connectivity index (χ0n) is 12.0. The van der Waals surface area contributed by atoms with Crippen molar-refractivity contribution in [1.29, 1.82) is 0 Å². The van der Waals surface area contributed by atoms with Crippen LogP contribution in [0.4, 0.5) is 10.1 Å². The van der Waals surface area contributed by atoms with E-state index in [-0.39, 0.29) is 11.9 Å². The molecule has 2 aromatic rings. The third-order valence-corrected chi connectivity index (χ3v) is 3.71. The Hall–Kier alpha value is -1.87. The van der Waals surface area contributed by atoms with Gasteiger partial charge < -0.3 is 10.6 Å². The summed E-state index contributed by atoms with van der Waals surface area (Å²) < 4.78 is 13.9. The minimum Gasteiger partial charge on any atom is -0.366 e. The van der Waals surface area contributed by atoms with E-state index in [4.69, 9.17) is 5.73 Å². The second-order valence-corrected chi connectivity index (χ2v) is 4.90. The number of rotatable bonds is 5. The molecule has 0 saturated carbocycles. The fraction of sp³-hybridized carbons (Fsp3) is 0.294. The summed E-state index contributed by atoms with van der Waals surface area (Å²) >= 11 is 0. The molecule has 0 aliphatic carbocycles. The Balaban J connectivity index is 2.28. The lowest BCUT2D eigenvalue weighted by Crippen LogP contribution is -2.31. The number of aryl methyl sites for hydroxylation is 1. The number of benzene rings is 2. The van der Waals surface area contributed by atoms with E-state index < -0.39 is 0 Å². The summed E-state index contributed by atoms with van der Waals surface area (Å²) in [6.45, 7) is 2.49. The Morgan fingerprint density at radius 2 is 1.75 bits per heavy atom. The molecule has 3 heteroatoms. The van der Waals surface area contributed by atoms with Crippen LogP contribution in [-0.2, 0) is 6.42 Å². The first-order chi connectivity index (χ1) is 9.67. The molecule has 0 fully saturated rings. The zero-order valence-corrected chi connectivity index (χ0v) is 12.0. The molecule has 106 valence electrons. The summed E-state index contributed by atoms with van der Waals surface area (Å²) in [6.07, 6.45) is 1.01. The lowest BCUT2D eigenvalue weighted by atomic mass is 10.0. The molecule has 0 heterocycles. The third kappa shape index (κ3) is 2.99. The summed E-state index contributed by atoms with van der Waals surface area (Å²) in [7, 11) is 1.95. The SMILES string of the molecule is CCc1ccc(N(C)C(CN)c2ccccc2F)cc1. The molecule has 1 atom stereocenters. The average molecular weight is 272 g/mol. The summed E-state index contributed by atoms with van der Waals surface area (Å²) in [5.41, 5.74) is 8.83. The van der Waals surface area contributed by atoms with Crippen LogP contribution in [0.5, 0.6) is 0 Å². The predicted octanol–water partition coefficient (Wildman–Crippen LogP) is 3.52. The number of hydrogen-bond acceptors (Lipinski definition) is 2. The van der Waals surface area contributed by atoms with Gasteiger partial charge in [-0.3, -0.25) is 0 Å². The van der Waals surface area contributed by atoms with E-state index in [1.807, 2.05) is 18.0 Å². The fourth-order valence-electron chi connectivity index (χ4n) is 2.39. The Kier molecular flexibility index (Phi) is 4.74. The molecule has 0 spiro atoms. The highest BCUT2D eigenvalue weighted by atomic mass is 19.1. The molecular weight excluding hydrogens is 251 g/mol. The lowest BCUT2D eigenvalue weighted by Gasteiger charge is -2.30. The predicted molar refractivity (Wildman–Crippen MR) is 82.4 cm³/mol. The number of anilines is 1. The van der Waals surface area contributed by atoms with Gasteiger partial charge in [-0.05, 0) is 30.2 Å². The molecule has 0 saturated heterocycles. The third-order valence-electron chi connectivity index (χ3n) is 3.71. The molecule has 20 heavy (non-hydrogen) atoms. The second kappa shape index (κ2) is 6.53. The first-order valence-electron chi connectivity index (χ1n) is 6.93. The minimum absolute atomic E-state index is 0.163. The Morgan fingerprint density at radius 1 is 1.10 bits per heavy atom. The second-order valence-electron chi connectivity index (χ2n) is 4.90. The molecule has 0 aliphatic heterocycles. The Labute approximate surface area is 120 Å². The van der Waals surface area contributed by atoms with Crippen molar-refractivity contribution >= 4 is 5.69 Å². The van der Waals surface area contributed by atoms with Crippen LogP contribution in [-0.4, -0.2) is 13.6 Å². The molecule has 2 rings (SSSR count).